The van der Waals surface area contributed by atoms with Crippen molar-refractivity contribution < 1.29 is 13.9 Å². The van der Waals surface area contributed by atoms with Crippen LogP contribution in [0.4, 0.5) is 8.78 Å². The normalized spacial score (nSPS) is 11.2. The van der Waals surface area contributed by atoms with Gasteiger partial charge in [0.25, 0.3) is 0 Å². The van der Waals surface area contributed by atoms with Crippen molar-refractivity contribution in [1.82, 2.24) is 5.32 Å². The number of halogens is 2. The minimum atomic E-state index is -0.566. The van der Waals surface area contributed by atoms with Crippen LogP contribution in [0, 0.1) is 11.6 Å². The summed E-state index contributed by atoms with van der Waals surface area (Å²) in [6.45, 7) is 4.28. The molecule has 0 saturated heterocycles. The highest BCUT2D eigenvalue weighted by Gasteiger charge is 2.11. The lowest BCUT2D eigenvalue weighted by Crippen LogP contribution is -2.22. The van der Waals surface area contributed by atoms with Crippen molar-refractivity contribution >= 4 is 11.8 Å². The smallest absolute Gasteiger partial charge is 0.140 e. The first-order chi connectivity index (χ1) is 8.04. The lowest BCUT2D eigenvalue weighted by molar-refractivity contribution is 0.322. The van der Waals surface area contributed by atoms with E-state index in [-0.39, 0.29) is 23.3 Å². The predicted octanol–water partition coefficient (Wildman–Crippen LogP) is 2.55. The van der Waals surface area contributed by atoms with Gasteiger partial charge in [0.05, 0.1) is 11.5 Å². The van der Waals surface area contributed by atoms with Crippen LogP contribution in [-0.2, 0) is 6.54 Å². The Hall–Kier alpha value is -0.650. The summed E-state index contributed by atoms with van der Waals surface area (Å²) >= 11 is 0.986. The lowest BCUT2D eigenvalue weighted by Gasteiger charge is -2.10. The number of rotatable bonds is 6. The van der Waals surface area contributed by atoms with Gasteiger partial charge in [-0.1, -0.05) is 13.8 Å². The number of benzene rings is 1. The zero-order chi connectivity index (χ0) is 12.8. The summed E-state index contributed by atoms with van der Waals surface area (Å²) in [6.07, 6.45) is 0. The van der Waals surface area contributed by atoms with Crippen LogP contribution >= 0.6 is 11.8 Å². The molecule has 2 N–H and O–H groups in total. The van der Waals surface area contributed by atoms with E-state index in [9.17, 15) is 8.78 Å². The number of hydrogen-bond acceptors (Lipinski definition) is 3. The van der Waals surface area contributed by atoms with Crippen molar-refractivity contribution in [2.24, 2.45) is 0 Å². The summed E-state index contributed by atoms with van der Waals surface area (Å²) in [6, 6.07) is 2.93. The molecule has 0 amide bonds. The molecule has 0 fully saturated rings. The van der Waals surface area contributed by atoms with E-state index in [1.165, 1.54) is 12.1 Å². The Morgan fingerprint density at radius 2 is 1.88 bits per heavy atom. The summed E-state index contributed by atoms with van der Waals surface area (Å²) in [5.74, 6) is -0.842. The van der Waals surface area contributed by atoms with Crippen molar-refractivity contribution in [1.29, 1.82) is 0 Å². The molecule has 1 aromatic rings. The number of aliphatic hydroxyl groups is 1. The second-order valence-corrected chi connectivity index (χ2v) is 5.10. The molecule has 0 aliphatic carbocycles. The van der Waals surface area contributed by atoms with Crippen LogP contribution < -0.4 is 5.32 Å². The quantitative estimate of drug-likeness (QED) is 0.772. The second-order valence-electron chi connectivity index (χ2n) is 4.00. The Bertz CT molecular complexity index is 349. The largest absolute Gasteiger partial charge is 0.396 e. The van der Waals surface area contributed by atoms with Gasteiger partial charge in [-0.2, -0.15) is 0 Å². The zero-order valence-corrected chi connectivity index (χ0v) is 10.8. The van der Waals surface area contributed by atoms with Crippen LogP contribution in [0.1, 0.15) is 19.4 Å². The molecule has 96 valence electrons. The molecule has 0 unspecified atom stereocenters. The highest BCUT2D eigenvalue weighted by atomic mass is 32.2. The second kappa shape index (κ2) is 6.93. The monoisotopic (exact) mass is 261 g/mol. The third-order valence-electron chi connectivity index (χ3n) is 2.11. The maximum atomic E-state index is 13.6. The van der Waals surface area contributed by atoms with Gasteiger partial charge in [-0.15, -0.1) is 11.8 Å². The van der Waals surface area contributed by atoms with Crippen molar-refractivity contribution in [3.05, 3.63) is 29.3 Å². The van der Waals surface area contributed by atoms with Gasteiger partial charge >= 0.3 is 0 Å². The summed E-state index contributed by atoms with van der Waals surface area (Å²) < 4.78 is 27.2. The molecule has 0 saturated carbocycles. The number of hydrogen-bond donors (Lipinski definition) is 2. The Morgan fingerprint density at radius 1 is 1.29 bits per heavy atom. The Morgan fingerprint density at radius 3 is 2.35 bits per heavy atom. The van der Waals surface area contributed by atoms with Gasteiger partial charge in [-0.3, -0.25) is 0 Å². The lowest BCUT2D eigenvalue weighted by atomic mass is 10.2. The molecule has 0 bridgehead atoms. The van der Waals surface area contributed by atoms with Crippen molar-refractivity contribution in [2.75, 3.05) is 12.4 Å². The molecule has 0 aliphatic heterocycles. The standard InChI is InChI=1S/C12H17F2NOS/c1-8(2)15-7-9-5-10(13)12(11(14)6-9)17-4-3-16/h5-6,8,15-16H,3-4,7H2,1-2H3. The summed E-state index contributed by atoms with van der Waals surface area (Å²) in [5, 5.41) is 11.7. The maximum absolute atomic E-state index is 13.6. The number of thioether (sulfide) groups is 1. The van der Waals surface area contributed by atoms with Gasteiger partial charge in [-0.25, -0.2) is 8.78 Å². The fraction of sp³-hybridized carbons (Fsp3) is 0.500. The fourth-order valence-electron chi connectivity index (χ4n) is 1.32. The Labute approximate surface area is 104 Å². The van der Waals surface area contributed by atoms with Gasteiger partial charge in [-0.05, 0) is 17.7 Å². The van der Waals surface area contributed by atoms with E-state index >= 15 is 0 Å². The highest BCUT2D eigenvalue weighted by molar-refractivity contribution is 7.99. The molecular formula is C12H17F2NOS. The predicted molar refractivity (Wildman–Crippen MR) is 66.1 cm³/mol. The molecule has 5 heteroatoms. The van der Waals surface area contributed by atoms with Crippen LogP contribution in [0.5, 0.6) is 0 Å². The third-order valence-corrected chi connectivity index (χ3v) is 3.18. The molecule has 0 heterocycles. The van der Waals surface area contributed by atoms with Crippen LogP contribution in [0.25, 0.3) is 0 Å². The molecular weight excluding hydrogens is 244 g/mol. The van der Waals surface area contributed by atoms with E-state index in [0.29, 0.717) is 12.1 Å². The van der Waals surface area contributed by atoms with Crippen LogP contribution in [0.3, 0.4) is 0 Å². The topological polar surface area (TPSA) is 32.3 Å². The summed E-state index contributed by atoms with van der Waals surface area (Å²) in [7, 11) is 0. The first-order valence-corrected chi connectivity index (χ1v) is 6.48. The van der Waals surface area contributed by atoms with Gasteiger partial charge in [0, 0.05) is 18.3 Å². The summed E-state index contributed by atoms with van der Waals surface area (Å²) in [4.78, 5) is -0.0210. The van der Waals surface area contributed by atoms with Crippen molar-refractivity contribution in [3.8, 4) is 0 Å². The van der Waals surface area contributed by atoms with Gasteiger partial charge < -0.3 is 10.4 Å². The molecule has 0 aliphatic rings. The van der Waals surface area contributed by atoms with Gasteiger partial charge in [0.1, 0.15) is 11.6 Å². The number of nitrogens with one attached hydrogen (secondary N) is 1. The SMILES string of the molecule is CC(C)NCc1cc(F)c(SCCO)c(F)c1. The third kappa shape index (κ3) is 4.61. The van der Waals surface area contributed by atoms with E-state index in [4.69, 9.17) is 5.11 Å². The molecule has 17 heavy (non-hydrogen) atoms. The fourth-order valence-corrected chi connectivity index (χ4v) is 2.01. The van der Waals surface area contributed by atoms with Crippen molar-refractivity contribution in [2.45, 2.75) is 31.3 Å². The molecule has 1 aromatic carbocycles. The Balaban J connectivity index is 2.78. The molecule has 2 nitrogen and oxygen atoms in total. The number of aliphatic hydroxyl groups excluding tert-OH is 1. The highest BCUT2D eigenvalue weighted by Crippen LogP contribution is 2.26. The van der Waals surface area contributed by atoms with Crippen LogP contribution in [0.15, 0.2) is 17.0 Å². The molecule has 0 aromatic heterocycles. The molecule has 0 radical (unpaired) electrons. The zero-order valence-electron chi connectivity index (χ0n) is 9.96. The van der Waals surface area contributed by atoms with Crippen LogP contribution in [-0.4, -0.2) is 23.5 Å². The van der Waals surface area contributed by atoms with Gasteiger partial charge in [0.2, 0.25) is 0 Å². The Kier molecular flexibility index (Phi) is 5.88. The minimum absolute atomic E-state index is 0.0210. The van der Waals surface area contributed by atoms with E-state index in [1.807, 2.05) is 13.8 Å². The maximum Gasteiger partial charge on any atom is 0.140 e. The molecule has 0 atom stereocenters. The van der Waals surface area contributed by atoms with E-state index < -0.39 is 11.6 Å². The first-order valence-electron chi connectivity index (χ1n) is 5.49. The van der Waals surface area contributed by atoms with E-state index in [2.05, 4.69) is 5.32 Å². The van der Waals surface area contributed by atoms with E-state index in [1.54, 1.807) is 0 Å². The van der Waals surface area contributed by atoms with Crippen molar-refractivity contribution in [3.63, 3.8) is 0 Å². The summed E-state index contributed by atoms with van der Waals surface area (Å²) in [5.41, 5.74) is 0.585. The van der Waals surface area contributed by atoms with Gasteiger partial charge in [0.15, 0.2) is 0 Å². The molecule has 0 spiro atoms. The average Bonchev–Trinajstić information content (AvgIpc) is 2.25. The average molecular weight is 261 g/mol. The van der Waals surface area contributed by atoms with E-state index in [0.717, 1.165) is 11.8 Å². The minimum Gasteiger partial charge on any atom is -0.396 e. The first kappa shape index (κ1) is 14.4. The van der Waals surface area contributed by atoms with Crippen LogP contribution in [0.2, 0.25) is 0 Å². The molecule has 1 rings (SSSR count).